The second-order valence-corrected chi connectivity index (χ2v) is 6.26. The van der Waals surface area contributed by atoms with Crippen molar-refractivity contribution < 1.29 is 14.3 Å². The first-order valence-electron chi connectivity index (χ1n) is 8.55. The second kappa shape index (κ2) is 7.00. The summed E-state index contributed by atoms with van der Waals surface area (Å²) in [5.74, 6) is 1.56. The third kappa shape index (κ3) is 3.52. The van der Waals surface area contributed by atoms with E-state index in [9.17, 15) is 4.79 Å². The van der Waals surface area contributed by atoms with E-state index in [1.165, 1.54) is 0 Å². The van der Waals surface area contributed by atoms with Gasteiger partial charge in [-0.1, -0.05) is 6.07 Å². The van der Waals surface area contributed by atoms with Crippen LogP contribution in [0.15, 0.2) is 30.9 Å². The number of aromatic nitrogens is 3. The number of carbonyl (C=O) groups excluding carboxylic acids is 1. The van der Waals surface area contributed by atoms with Crippen LogP contribution in [0.5, 0.6) is 11.5 Å². The van der Waals surface area contributed by atoms with E-state index in [2.05, 4.69) is 15.4 Å². The molecule has 3 heterocycles. The van der Waals surface area contributed by atoms with E-state index in [0.29, 0.717) is 12.6 Å². The second-order valence-electron chi connectivity index (χ2n) is 6.26. The quantitative estimate of drug-likeness (QED) is 0.912. The number of urea groups is 1. The van der Waals surface area contributed by atoms with Crippen molar-refractivity contribution in [1.29, 1.82) is 0 Å². The number of rotatable bonds is 4. The van der Waals surface area contributed by atoms with Crippen LogP contribution < -0.4 is 14.8 Å². The van der Waals surface area contributed by atoms with E-state index < -0.39 is 0 Å². The number of nitrogens with one attached hydrogen (secondary N) is 1. The van der Waals surface area contributed by atoms with Crippen molar-refractivity contribution in [2.75, 3.05) is 26.4 Å². The van der Waals surface area contributed by atoms with Gasteiger partial charge in [-0.05, 0) is 37.0 Å². The van der Waals surface area contributed by atoms with E-state index in [1.807, 2.05) is 27.8 Å². The van der Waals surface area contributed by atoms with Crippen molar-refractivity contribution in [3.8, 4) is 11.5 Å². The lowest BCUT2D eigenvalue weighted by Crippen LogP contribution is -2.45. The monoisotopic (exact) mass is 343 g/mol. The zero-order valence-electron chi connectivity index (χ0n) is 13.9. The van der Waals surface area contributed by atoms with E-state index in [4.69, 9.17) is 9.47 Å². The van der Waals surface area contributed by atoms with Gasteiger partial charge in [-0.15, -0.1) is 0 Å². The Hall–Kier alpha value is -2.77. The highest BCUT2D eigenvalue weighted by molar-refractivity contribution is 5.74. The molecule has 132 valence electrons. The van der Waals surface area contributed by atoms with Gasteiger partial charge in [0.25, 0.3) is 0 Å². The number of piperidine rings is 1. The Morgan fingerprint density at radius 1 is 1.24 bits per heavy atom. The fourth-order valence-electron chi connectivity index (χ4n) is 3.26. The van der Waals surface area contributed by atoms with Crippen LogP contribution in [0.2, 0.25) is 0 Å². The van der Waals surface area contributed by atoms with Gasteiger partial charge in [-0.2, -0.15) is 5.10 Å². The molecule has 0 bridgehead atoms. The Labute approximate surface area is 145 Å². The first kappa shape index (κ1) is 15.7. The molecule has 1 aromatic carbocycles. The Morgan fingerprint density at radius 2 is 2.08 bits per heavy atom. The average Bonchev–Trinajstić information content (AvgIpc) is 3.33. The van der Waals surface area contributed by atoms with Gasteiger partial charge >= 0.3 is 6.03 Å². The van der Waals surface area contributed by atoms with Crippen molar-refractivity contribution in [3.63, 3.8) is 0 Å². The van der Waals surface area contributed by atoms with Gasteiger partial charge in [-0.3, -0.25) is 0 Å². The summed E-state index contributed by atoms with van der Waals surface area (Å²) >= 11 is 0. The molecule has 2 aromatic rings. The molecule has 1 N–H and O–H groups in total. The topological polar surface area (TPSA) is 81.5 Å². The molecule has 4 rings (SSSR count). The highest BCUT2D eigenvalue weighted by atomic mass is 16.7. The largest absolute Gasteiger partial charge is 0.454 e. The third-order valence-electron chi connectivity index (χ3n) is 4.69. The van der Waals surface area contributed by atoms with Crippen molar-refractivity contribution in [2.24, 2.45) is 0 Å². The predicted molar refractivity (Wildman–Crippen MR) is 89.5 cm³/mol. The molecular weight excluding hydrogens is 322 g/mol. The van der Waals surface area contributed by atoms with Gasteiger partial charge in [-0.25, -0.2) is 14.5 Å². The van der Waals surface area contributed by atoms with Crippen molar-refractivity contribution >= 4 is 6.03 Å². The van der Waals surface area contributed by atoms with Crippen molar-refractivity contribution in [3.05, 3.63) is 36.4 Å². The zero-order valence-corrected chi connectivity index (χ0v) is 13.9. The minimum absolute atomic E-state index is 0.00205. The van der Waals surface area contributed by atoms with Crippen LogP contribution in [0.1, 0.15) is 24.4 Å². The molecular formula is C17H21N5O3. The summed E-state index contributed by atoms with van der Waals surface area (Å²) in [6.07, 6.45) is 5.86. The number of likely N-dealkylation sites (tertiary alicyclic amines) is 1. The normalized spacial score (nSPS) is 16.9. The minimum Gasteiger partial charge on any atom is -0.454 e. The van der Waals surface area contributed by atoms with Gasteiger partial charge in [0.1, 0.15) is 12.7 Å². The highest BCUT2D eigenvalue weighted by Crippen LogP contribution is 2.32. The maximum absolute atomic E-state index is 12.3. The Kier molecular flexibility index (Phi) is 4.41. The average molecular weight is 343 g/mol. The molecule has 0 aliphatic carbocycles. The summed E-state index contributed by atoms with van der Waals surface area (Å²) in [6, 6.07) is 6.22. The van der Waals surface area contributed by atoms with Crippen molar-refractivity contribution in [2.45, 2.75) is 25.3 Å². The molecule has 0 spiro atoms. The van der Waals surface area contributed by atoms with Gasteiger partial charge in [0.05, 0.1) is 6.04 Å². The summed E-state index contributed by atoms with van der Waals surface area (Å²) in [5.41, 5.74) is 1.12. The van der Waals surface area contributed by atoms with Gasteiger partial charge in [0.2, 0.25) is 6.79 Å². The maximum atomic E-state index is 12.3. The molecule has 2 aliphatic rings. The summed E-state index contributed by atoms with van der Waals surface area (Å²) < 4.78 is 12.6. The van der Waals surface area contributed by atoms with Crippen LogP contribution in [-0.4, -0.2) is 52.1 Å². The first-order chi connectivity index (χ1) is 12.3. The van der Waals surface area contributed by atoms with Crippen LogP contribution >= 0.6 is 0 Å². The fraction of sp³-hybridized carbons (Fsp3) is 0.471. The van der Waals surface area contributed by atoms with E-state index >= 15 is 0 Å². The fourth-order valence-corrected chi connectivity index (χ4v) is 3.26. The molecule has 2 aliphatic heterocycles. The standard InChI is InChI=1S/C17H21N5O3/c23-17(21-7-4-14(5-8-21)22-11-18-10-20-22)19-6-3-13-1-2-15-16(9-13)25-12-24-15/h1-2,9-11,14H,3-8,12H2,(H,19,23). The highest BCUT2D eigenvalue weighted by Gasteiger charge is 2.24. The minimum atomic E-state index is -0.00205. The van der Waals surface area contributed by atoms with Crippen LogP contribution in [0, 0.1) is 0 Å². The van der Waals surface area contributed by atoms with Crippen LogP contribution in [0.3, 0.4) is 0 Å². The smallest absolute Gasteiger partial charge is 0.317 e. The predicted octanol–water partition coefficient (Wildman–Crippen LogP) is 1.60. The molecule has 8 heteroatoms. The summed E-state index contributed by atoms with van der Waals surface area (Å²) in [4.78, 5) is 18.2. The van der Waals surface area contributed by atoms with Crippen LogP contribution in [-0.2, 0) is 6.42 Å². The number of hydrogen-bond donors (Lipinski definition) is 1. The lowest BCUT2D eigenvalue weighted by Gasteiger charge is -2.31. The molecule has 25 heavy (non-hydrogen) atoms. The lowest BCUT2D eigenvalue weighted by molar-refractivity contribution is 0.168. The molecule has 0 radical (unpaired) electrons. The third-order valence-corrected chi connectivity index (χ3v) is 4.69. The number of carbonyl (C=O) groups is 1. The SMILES string of the molecule is O=C(NCCc1ccc2c(c1)OCO2)N1CCC(n2cncn2)CC1. The Bertz CT molecular complexity index is 726. The first-order valence-corrected chi connectivity index (χ1v) is 8.55. The number of nitrogens with zero attached hydrogens (tertiary/aromatic N) is 4. The molecule has 1 saturated heterocycles. The van der Waals surface area contributed by atoms with E-state index in [0.717, 1.165) is 49.4 Å². The molecule has 2 amide bonds. The summed E-state index contributed by atoms with van der Waals surface area (Å²) in [6.45, 7) is 2.35. The van der Waals surface area contributed by atoms with Gasteiger partial charge < -0.3 is 19.7 Å². The lowest BCUT2D eigenvalue weighted by atomic mass is 10.1. The molecule has 1 fully saturated rings. The number of ether oxygens (including phenoxy) is 2. The van der Waals surface area contributed by atoms with Crippen molar-refractivity contribution in [1.82, 2.24) is 25.0 Å². The van der Waals surface area contributed by atoms with E-state index in [1.54, 1.807) is 12.7 Å². The molecule has 0 atom stereocenters. The Morgan fingerprint density at radius 3 is 2.88 bits per heavy atom. The van der Waals surface area contributed by atoms with Gasteiger partial charge in [0.15, 0.2) is 11.5 Å². The molecule has 0 unspecified atom stereocenters. The number of fused-ring (bicyclic) bond motifs is 1. The maximum Gasteiger partial charge on any atom is 0.317 e. The molecule has 0 saturated carbocycles. The van der Waals surface area contributed by atoms with Crippen LogP contribution in [0.25, 0.3) is 0 Å². The number of benzene rings is 1. The Balaban J connectivity index is 1.22. The van der Waals surface area contributed by atoms with Crippen LogP contribution in [0.4, 0.5) is 4.79 Å². The molecule has 1 aromatic heterocycles. The number of hydrogen-bond acceptors (Lipinski definition) is 5. The molecule has 8 nitrogen and oxygen atoms in total. The summed E-state index contributed by atoms with van der Waals surface area (Å²) in [5, 5.41) is 7.18. The van der Waals surface area contributed by atoms with E-state index in [-0.39, 0.29) is 12.8 Å². The number of amides is 2. The van der Waals surface area contributed by atoms with Gasteiger partial charge in [0, 0.05) is 19.6 Å². The zero-order chi connectivity index (χ0) is 17.1. The summed E-state index contributed by atoms with van der Waals surface area (Å²) in [7, 11) is 0.